The molecule has 1 atom stereocenters. The summed E-state index contributed by atoms with van der Waals surface area (Å²) < 4.78 is 0. The zero-order chi connectivity index (χ0) is 13.6. The molecule has 1 aliphatic rings. The summed E-state index contributed by atoms with van der Waals surface area (Å²) in [6, 6.07) is 9.28. The number of hydrogen-bond acceptors (Lipinski definition) is 1. The number of rotatable bonds is 4. The van der Waals surface area contributed by atoms with Crippen LogP contribution >= 0.6 is 11.6 Å². The van der Waals surface area contributed by atoms with Gasteiger partial charge in [-0.3, -0.25) is 0 Å². The quantitative estimate of drug-likeness (QED) is 0.856. The summed E-state index contributed by atoms with van der Waals surface area (Å²) in [6.45, 7) is 11.7. The van der Waals surface area contributed by atoms with E-state index in [2.05, 4.69) is 52.1 Å². The minimum atomic E-state index is 0.404. The third-order valence-corrected chi connectivity index (χ3v) is 5.18. The molecule has 1 unspecified atom stereocenters. The fourth-order valence-electron chi connectivity index (χ4n) is 2.93. The molecule has 1 saturated carbocycles. The molecule has 0 aromatic heterocycles. The summed E-state index contributed by atoms with van der Waals surface area (Å²) in [5, 5.41) is 4.57. The van der Waals surface area contributed by atoms with Gasteiger partial charge in [0, 0.05) is 17.1 Å². The van der Waals surface area contributed by atoms with E-state index in [9.17, 15) is 0 Å². The summed E-state index contributed by atoms with van der Waals surface area (Å²) >= 11 is 5.90. The number of hydrogen-bond donors (Lipinski definition) is 1. The van der Waals surface area contributed by atoms with Crippen LogP contribution in [0.3, 0.4) is 0 Å². The molecule has 100 valence electrons. The van der Waals surface area contributed by atoms with Crippen molar-refractivity contribution < 1.29 is 0 Å². The van der Waals surface area contributed by atoms with E-state index < -0.39 is 0 Å². The van der Waals surface area contributed by atoms with Crippen LogP contribution in [0.4, 0.5) is 0 Å². The average Bonchev–Trinajstić information content (AvgIpc) is 2.64. The molecule has 0 spiro atoms. The Morgan fingerprint density at radius 3 is 2.06 bits per heavy atom. The normalized spacial score (nSPS) is 22.8. The van der Waals surface area contributed by atoms with Crippen molar-refractivity contribution in [3.05, 3.63) is 34.9 Å². The predicted octanol–water partition coefficient (Wildman–Crippen LogP) is 4.30. The molecule has 1 aliphatic carbocycles. The maximum absolute atomic E-state index is 5.90. The van der Waals surface area contributed by atoms with Crippen LogP contribution in [0.1, 0.15) is 40.2 Å². The Bertz CT molecular complexity index is 405. The zero-order valence-electron chi connectivity index (χ0n) is 12.0. The lowest BCUT2D eigenvalue weighted by molar-refractivity contribution is 0.457. The van der Waals surface area contributed by atoms with Crippen LogP contribution in [0.5, 0.6) is 0 Å². The molecule has 0 aliphatic heterocycles. The molecule has 0 heterocycles. The highest BCUT2D eigenvalue weighted by molar-refractivity contribution is 6.30. The molecular weight excluding hydrogens is 242 g/mol. The van der Waals surface area contributed by atoms with Gasteiger partial charge in [0.2, 0.25) is 0 Å². The molecule has 1 N–H and O–H groups in total. The largest absolute Gasteiger partial charge is 0.310 e. The summed E-state index contributed by atoms with van der Waals surface area (Å²) in [6.07, 6.45) is 1.06. The van der Waals surface area contributed by atoms with Crippen molar-refractivity contribution in [2.75, 3.05) is 0 Å². The molecule has 1 aromatic carbocycles. The van der Waals surface area contributed by atoms with Crippen LogP contribution < -0.4 is 5.32 Å². The second-order valence-electron chi connectivity index (χ2n) is 6.77. The van der Waals surface area contributed by atoms with Gasteiger partial charge < -0.3 is 5.32 Å². The van der Waals surface area contributed by atoms with Crippen molar-refractivity contribution in [3.8, 4) is 0 Å². The molecule has 18 heavy (non-hydrogen) atoms. The van der Waals surface area contributed by atoms with Gasteiger partial charge in [-0.05, 0) is 41.9 Å². The van der Waals surface area contributed by atoms with E-state index in [0.29, 0.717) is 22.9 Å². The lowest BCUT2D eigenvalue weighted by Crippen LogP contribution is -2.33. The molecule has 2 heteroatoms. The van der Waals surface area contributed by atoms with Crippen molar-refractivity contribution in [3.63, 3.8) is 0 Å². The fourth-order valence-corrected chi connectivity index (χ4v) is 3.06. The fraction of sp³-hybridized carbons (Fsp3) is 0.625. The molecule has 0 bridgehead atoms. The molecule has 1 aromatic rings. The van der Waals surface area contributed by atoms with Gasteiger partial charge in [0.05, 0.1) is 0 Å². The maximum atomic E-state index is 5.90. The molecule has 1 nitrogen and oxygen atoms in total. The first-order valence-electron chi connectivity index (χ1n) is 6.75. The Labute approximate surface area is 116 Å². The van der Waals surface area contributed by atoms with E-state index in [4.69, 9.17) is 11.6 Å². The Kier molecular flexibility index (Phi) is 3.50. The van der Waals surface area contributed by atoms with Gasteiger partial charge in [-0.25, -0.2) is 0 Å². The van der Waals surface area contributed by atoms with Gasteiger partial charge in [0.1, 0.15) is 0 Å². The lowest BCUT2D eigenvalue weighted by atomic mass is 10.0. The maximum Gasteiger partial charge on any atom is 0.0406 e. The van der Waals surface area contributed by atoms with Crippen molar-refractivity contribution in [2.45, 2.75) is 53.1 Å². The van der Waals surface area contributed by atoms with E-state index in [1.54, 1.807) is 0 Å². The van der Waals surface area contributed by atoms with Crippen LogP contribution in [0.15, 0.2) is 24.3 Å². The summed E-state index contributed by atoms with van der Waals surface area (Å²) in [7, 11) is 0. The molecule has 2 rings (SSSR count). The van der Waals surface area contributed by atoms with Crippen LogP contribution in [0, 0.1) is 10.8 Å². The Morgan fingerprint density at radius 2 is 1.61 bits per heavy atom. The summed E-state index contributed by atoms with van der Waals surface area (Å²) in [5.41, 5.74) is 2.15. The average molecular weight is 266 g/mol. The molecular formula is C16H24ClN. The standard InChI is InChI=1S/C16H24ClN/c1-11(10-12-6-8-13(17)9-7-12)18-14-15(2,3)16(14,4)5/h6-9,11,14,18H,10H2,1-5H3. The second kappa shape index (κ2) is 4.54. The van der Waals surface area contributed by atoms with E-state index >= 15 is 0 Å². The van der Waals surface area contributed by atoms with E-state index in [1.165, 1.54) is 5.56 Å². The van der Waals surface area contributed by atoms with Crippen molar-refractivity contribution >= 4 is 11.6 Å². The minimum absolute atomic E-state index is 0.404. The Morgan fingerprint density at radius 1 is 1.11 bits per heavy atom. The minimum Gasteiger partial charge on any atom is -0.310 e. The smallest absolute Gasteiger partial charge is 0.0406 e. The van der Waals surface area contributed by atoms with Gasteiger partial charge >= 0.3 is 0 Å². The van der Waals surface area contributed by atoms with E-state index in [-0.39, 0.29) is 0 Å². The van der Waals surface area contributed by atoms with Gasteiger partial charge in [-0.1, -0.05) is 51.4 Å². The summed E-state index contributed by atoms with van der Waals surface area (Å²) in [4.78, 5) is 0. The van der Waals surface area contributed by atoms with Gasteiger partial charge in [-0.15, -0.1) is 0 Å². The van der Waals surface area contributed by atoms with Crippen LogP contribution in [0.2, 0.25) is 5.02 Å². The highest BCUT2D eigenvalue weighted by Crippen LogP contribution is 2.62. The molecule has 0 amide bonds. The molecule has 0 radical (unpaired) electrons. The van der Waals surface area contributed by atoms with Crippen LogP contribution in [-0.2, 0) is 6.42 Å². The Hall–Kier alpha value is -0.530. The van der Waals surface area contributed by atoms with Gasteiger partial charge in [0.25, 0.3) is 0 Å². The molecule has 1 fully saturated rings. The van der Waals surface area contributed by atoms with Crippen molar-refractivity contribution in [1.82, 2.24) is 5.32 Å². The topological polar surface area (TPSA) is 12.0 Å². The first-order chi connectivity index (χ1) is 8.25. The van der Waals surface area contributed by atoms with E-state index in [1.807, 2.05) is 12.1 Å². The Balaban J connectivity index is 1.91. The van der Waals surface area contributed by atoms with Crippen LogP contribution in [-0.4, -0.2) is 12.1 Å². The van der Waals surface area contributed by atoms with Crippen molar-refractivity contribution in [2.24, 2.45) is 10.8 Å². The first-order valence-corrected chi connectivity index (χ1v) is 7.13. The SMILES string of the molecule is CC(Cc1ccc(Cl)cc1)NC1C(C)(C)C1(C)C. The van der Waals surface area contributed by atoms with E-state index in [0.717, 1.165) is 11.4 Å². The monoisotopic (exact) mass is 265 g/mol. The highest BCUT2D eigenvalue weighted by atomic mass is 35.5. The lowest BCUT2D eigenvalue weighted by Gasteiger charge is -2.15. The number of nitrogens with one attached hydrogen (secondary N) is 1. The highest BCUT2D eigenvalue weighted by Gasteiger charge is 2.64. The predicted molar refractivity (Wildman–Crippen MR) is 79.1 cm³/mol. The molecule has 0 saturated heterocycles. The third kappa shape index (κ3) is 2.44. The second-order valence-corrected chi connectivity index (χ2v) is 7.21. The first kappa shape index (κ1) is 13.9. The number of benzene rings is 1. The van der Waals surface area contributed by atoms with Crippen molar-refractivity contribution in [1.29, 1.82) is 0 Å². The third-order valence-electron chi connectivity index (χ3n) is 4.93. The van der Waals surface area contributed by atoms with Crippen LogP contribution in [0.25, 0.3) is 0 Å². The van der Waals surface area contributed by atoms with Gasteiger partial charge in [-0.2, -0.15) is 0 Å². The zero-order valence-corrected chi connectivity index (χ0v) is 12.8. The number of halogens is 1. The summed E-state index contributed by atoms with van der Waals surface area (Å²) in [5.74, 6) is 0. The van der Waals surface area contributed by atoms with Gasteiger partial charge in [0.15, 0.2) is 0 Å².